The number of aliphatic hydroxyl groups is 1. The third-order valence-corrected chi connectivity index (χ3v) is 20.5. The summed E-state index contributed by atoms with van der Waals surface area (Å²) >= 11 is 1.99. The van der Waals surface area contributed by atoms with Crippen LogP contribution in [-0.4, -0.2) is 199 Å². The van der Waals surface area contributed by atoms with E-state index in [9.17, 15) is 24.3 Å². The van der Waals surface area contributed by atoms with Gasteiger partial charge in [0.2, 0.25) is 23.6 Å². The Bertz CT molecular complexity index is 1880. The molecule has 3 saturated carbocycles. The van der Waals surface area contributed by atoms with Gasteiger partial charge >= 0.3 is 0 Å². The molecule has 0 aromatic rings. The van der Waals surface area contributed by atoms with Crippen molar-refractivity contribution in [3.63, 3.8) is 0 Å². The monoisotopic (exact) mass is 1070 g/mol. The van der Waals surface area contributed by atoms with Crippen molar-refractivity contribution < 1.29 is 33.8 Å². The second-order valence-corrected chi connectivity index (χ2v) is 25.4. The summed E-state index contributed by atoms with van der Waals surface area (Å²) in [6.07, 6.45) is 14.9. The Kier molecular flexibility index (Phi) is 20.9. The molecule has 11 unspecified atom stereocenters. The number of amides is 4. The lowest BCUT2D eigenvalue weighted by molar-refractivity contribution is -0.149. The smallest absolute Gasteiger partial charge is 0.246 e. The van der Waals surface area contributed by atoms with Crippen molar-refractivity contribution in [1.29, 1.82) is 0 Å². The number of thioether (sulfide) groups is 1. The molecular weight excluding hydrogens is 975 g/mol. The van der Waals surface area contributed by atoms with E-state index in [0.717, 1.165) is 96.0 Å². The Morgan fingerprint density at radius 2 is 1.71 bits per heavy atom. The minimum Gasteiger partial charge on any atom is -0.391 e. The van der Waals surface area contributed by atoms with E-state index < -0.39 is 18.2 Å². The van der Waals surface area contributed by atoms with E-state index in [2.05, 4.69) is 79.1 Å². The van der Waals surface area contributed by atoms with Gasteiger partial charge in [0.1, 0.15) is 12.1 Å². The highest BCUT2D eigenvalue weighted by Gasteiger charge is 2.50. The average Bonchev–Trinajstić information content (AvgIpc) is 4.30. The van der Waals surface area contributed by atoms with Crippen molar-refractivity contribution in [1.82, 2.24) is 68.1 Å². The highest BCUT2D eigenvalue weighted by Crippen LogP contribution is 2.41. The number of hydrogen-bond donors (Lipinski definition) is 10. The Hall–Kier alpha value is -2.25. The maximum Gasteiger partial charge on any atom is 0.246 e. The molecule has 9 fully saturated rings. The van der Waals surface area contributed by atoms with Crippen molar-refractivity contribution in [2.45, 2.75) is 203 Å². The summed E-state index contributed by atoms with van der Waals surface area (Å²) in [6, 6.07) is 0.385. The van der Waals surface area contributed by atoms with Crippen LogP contribution in [0, 0.1) is 35.5 Å². The van der Waals surface area contributed by atoms with Gasteiger partial charge in [0.05, 0.1) is 56.9 Å². The van der Waals surface area contributed by atoms with Crippen molar-refractivity contribution >= 4 is 35.4 Å². The van der Waals surface area contributed by atoms with Gasteiger partial charge in [-0.3, -0.25) is 35.2 Å². The lowest BCUT2D eigenvalue weighted by Crippen LogP contribution is -2.66. The molecular formula is C54H97N13O7S. The van der Waals surface area contributed by atoms with Gasteiger partial charge in [-0.25, -0.2) is 15.4 Å². The number of carbonyl (C=O) groups is 4. The van der Waals surface area contributed by atoms with Crippen molar-refractivity contribution in [3.05, 3.63) is 0 Å². The highest BCUT2D eigenvalue weighted by atomic mass is 32.2. The first-order valence-corrected chi connectivity index (χ1v) is 30.8. The molecule has 0 bridgehead atoms. The number of likely N-dealkylation sites (tertiary alicyclic amines) is 2. The van der Waals surface area contributed by atoms with E-state index in [1.165, 1.54) is 12.8 Å². The number of nitrogens with zero attached hydrogens (tertiary/aromatic N) is 4. The van der Waals surface area contributed by atoms with Crippen molar-refractivity contribution in [2.75, 3.05) is 78.1 Å². The van der Waals surface area contributed by atoms with Crippen LogP contribution in [0.5, 0.6) is 0 Å². The van der Waals surface area contributed by atoms with Crippen molar-refractivity contribution in [3.8, 4) is 0 Å². The third kappa shape index (κ3) is 14.4. The molecule has 6 heterocycles. The number of aliphatic hydroxyl groups excluding tert-OH is 1. The molecule has 0 aromatic carbocycles. The van der Waals surface area contributed by atoms with E-state index in [1.54, 1.807) is 9.80 Å². The normalized spacial score (nSPS) is 37.0. The molecule has 0 spiro atoms. The lowest BCUT2D eigenvalue weighted by atomic mass is 9.77. The Morgan fingerprint density at radius 3 is 2.49 bits per heavy atom. The van der Waals surface area contributed by atoms with Crippen LogP contribution in [0.4, 0.5) is 0 Å². The molecule has 21 heteroatoms. The van der Waals surface area contributed by atoms with Crippen molar-refractivity contribution in [2.24, 2.45) is 35.5 Å². The van der Waals surface area contributed by atoms with Gasteiger partial charge in [-0.15, -0.1) is 11.8 Å². The summed E-state index contributed by atoms with van der Waals surface area (Å²) in [7, 11) is 0. The lowest BCUT2D eigenvalue weighted by Gasteiger charge is -2.45. The number of rotatable bonds is 24. The zero-order valence-electron chi connectivity index (χ0n) is 46.1. The summed E-state index contributed by atoms with van der Waals surface area (Å²) in [4.78, 5) is 58.4. The molecule has 10 N–H and O–H groups in total. The number of fused-ring (bicyclic) bond motifs is 2. The minimum absolute atomic E-state index is 0.00688. The largest absolute Gasteiger partial charge is 0.391 e. The van der Waals surface area contributed by atoms with Gasteiger partial charge in [0.15, 0.2) is 0 Å². The Morgan fingerprint density at radius 1 is 0.880 bits per heavy atom. The molecule has 75 heavy (non-hydrogen) atoms. The fourth-order valence-electron chi connectivity index (χ4n) is 14.7. The highest BCUT2D eigenvalue weighted by molar-refractivity contribution is 8.00. The van der Waals surface area contributed by atoms with E-state index in [0.29, 0.717) is 112 Å². The number of ether oxygens (including phenoxy) is 2. The second kappa shape index (κ2) is 27.3. The van der Waals surface area contributed by atoms with Gasteiger partial charge in [-0.05, 0) is 94.8 Å². The van der Waals surface area contributed by atoms with Crippen LogP contribution in [0.3, 0.4) is 0 Å². The fourth-order valence-corrected chi connectivity index (χ4v) is 16.2. The summed E-state index contributed by atoms with van der Waals surface area (Å²) in [5.41, 5.74) is 10.2. The average molecular weight is 1070 g/mol. The molecule has 16 atom stereocenters. The first-order valence-electron chi connectivity index (χ1n) is 29.8. The topological polar surface area (TPSA) is 228 Å². The molecule has 9 rings (SSSR count). The first kappa shape index (κ1) is 57.4. The quantitative estimate of drug-likeness (QED) is 0.0613. The van der Waals surface area contributed by atoms with Crippen LogP contribution < -0.4 is 48.3 Å². The molecule has 426 valence electrons. The SMILES string of the molecule is CCC(CC)C1CC(N[C@H]2CC[C@H](NCC(=O)NCC3CN(CCOCCOC4CC(C5SCNC5C)CCC4CNC(=O)[C@@H]4C[C@@H](O)CN4C(=O)[C@H](C(C)C)N4CC5CCCCC5C4=O)NN3)C2)N2NCCC2N1. The van der Waals surface area contributed by atoms with Gasteiger partial charge in [-0.1, -0.05) is 53.4 Å². The number of nitrogens with one attached hydrogen (secondary N) is 9. The van der Waals surface area contributed by atoms with Crippen LogP contribution in [0.15, 0.2) is 0 Å². The van der Waals surface area contributed by atoms with Crippen LogP contribution in [0.2, 0.25) is 0 Å². The van der Waals surface area contributed by atoms with Gasteiger partial charge in [0.25, 0.3) is 0 Å². The number of carbonyl (C=O) groups excluding carboxylic acids is 4. The van der Waals surface area contributed by atoms with Crippen LogP contribution in [0.25, 0.3) is 0 Å². The molecule has 6 aliphatic heterocycles. The Balaban J connectivity index is 0.667. The maximum absolute atomic E-state index is 14.4. The molecule has 4 amide bonds. The summed E-state index contributed by atoms with van der Waals surface area (Å²) in [5.74, 6) is 2.04. The summed E-state index contributed by atoms with van der Waals surface area (Å²) in [6.45, 7) is 16.7. The Labute approximate surface area is 452 Å². The minimum atomic E-state index is -0.798. The molecule has 6 saturated heterocycles. The van der Waals surface area contributed by atoms with Crippen LogP contribution in [0.1, 0.15) is 131 Å². The van der Waals surface area contributed by atoms with Crippen LogP contribution in [-0.2, 0) is 28.7 Å². The van der Waals surface area contributed by atoms with Gasteiger partial charge < -0.3 is 45.6 Å². The zero-order chi connectivity index (χ0) is 52.6. The second-order valence-electron chi connectivity index (χ2n) is 24.3. The molecule has 0 radical (unpaired) electrons. The number of hydrogen-bond acceptors (Lipinski definition) is 17. The molecule has 3 aliphatic carbocycles. The maximum atomic E-state index is 14.4. The summed E-state index contributed by atoms with van der Waals surface area (Å²) < 4.78 is 12.7. The molecule has 20 nitrogen and oxygen atoms in total. The van der Waals surface area contributed by atoms with Gasteiger partial charge in [-0.2, -0.15) is 5.53 Å². The standard InChI is InChI=1S/C54H97N13O7S/c1-6-35(7-2)44-25-48(67-47(61-44)16-17-59-67)60-40-15-14-39(23-40)55-28-49(69)56-27-41-30-64(63-62-41)18-19-73-20-21-74-46-22-36(51-34(5)58-32-75-51)12-13-37(46)26-57-52(70)45-24-42(68)31-65(45)54(72)50(33(3)4)66-29-38-10-8-9-11-43(38)53(66)71/h33-48,50-51,55,58-63,68H,6-32H2,1-5H3,(H,56,69)(H,57,70)/t34?,36?,37?,38?,39-,40-,41?,42+,43?,44?,45-,46?,47?,48?,50-,51?/m0/s1. The first-order chi connectivity index (χ1) is 36.4. The predicted molar refractivity (Wildman–Crippen MR) is 290 cm³/mol. The molecule has 0 aromatic heterocycles. The summed E-state index contributed by atoms with van der Waals surface area (Å²) in [5, 5.41) is 37.3. The van der Waals surface area contributed by atoms with E-state index in [1.807, 2.05) is 25.6 Å². The zero-order valence-corrected chi connectivity index (χ0v) is 46.9. The number of hydrazine groups is 3. The van der Waals surface area contributed by atoms with E-state index in [-0.39, 0.29) is 66.5 Å². The van der Waals surface area contributed by atoms with Gasteiger partial charge in [0, 0.05) is 99.4 Å². The third-order valence-electron chi connectivity index (χ3n) is 18.9. The van der Waals surface area contributed by atoms with Crippen LogP contribution >= 0.6 is 11.8 Å². The molecule has 9 aliphatic rings. The van der Waals surface area contributed by atoms with E-state index >= 15 is 0 Å². The predicted octanol–water partition coefficient (Wildman–Crippen LogP) is 1.18. The fraction of sp³-hybridized carbons (Fsp3) is 0.926. The van der Waals surface area contributed by atoms with E-state index in [4.69, 9.17) is 9.47 Å². The number of β-amino-alcohol motifs (C(OH)–C–C–N with tert-alkyl or cyclic N) is 1.